The molecule has 1 aliphatic heterocycles. The first-order chi connectivity index (χ1) is 13.3. The number of hydrogen-bond acceptors (Lipinski definition) is 4. The summed E-state index contributed by atoms with van der Waals surface area (Å²) in [7, 11) is 0. The fourth-order valence-electron chi connectivity index (χ4n) is 3.05. The number of carbonyl (C=O) groups is 2. The van der Waals surface area contributed by atoms with Gasteiger partial charge in [-0.1, -0.05) is 32.6 Å². The van der Waals surface area contributed by atoms with Crippen LogP contribution < -0.4 is 9.64 Å². The van der Waals surface area contributed by atoms with Gasteiger partial charge in [0, 0.05) is 18.8 Å². The van der Waals surface area contributed by atoms with Crippen molar-refractivity contribution in [2.24, 2.45) is 0 Å². The number of anilines is 1. The van der Waals surface area contributed by atoms with Gasteiger partial charge in [-0.2, -0.15) is 0 Å². The maximum Gasteiger partial charge on any atom is 0.410 e. The van der Waals surface area contributed by atoms with E-state index in [4.69, 9.17) is 9.47 Å². The summed E-state index contributed by atoms with van der Waals surface area (Å²) in [5, 5.41) is 0. The van der Waals surface area contributed by atoms with Gasteiger partial charge in [0.15, 0.2) is 0 Å². The lowest BCUT2D eigenvalue weighted by molar-refractivity contribution is -0.121. The summed E-state index contributed by atoms with van der Waals surface area (Å²) in [4.78, 5) is 27.8. The van der Waals surface area contributed by atoms with E-state index < -0.39 is 11.7 Å². The van der Waals surface area contributed by atoms with Gasteiger partial charge in [0.2, 0.25) is 5.91 Å². The van der Waals surface area contributed by atoms with Gasteiger partial charge in [-0.25, -0.2) is 4.79 Å². The van der Waals surface area contributed by atoms with Gasteiger partial charge in [0.1, 0.15) is 17.9 Å². The Hall–Kier alpha value is -2.24. The molecule has 0 radical (unpaired) electrons. The van der Waals surface area contributed by atoms with Crippen LogP contribution in [0.4, 0.5) is 10.5 Å². The molecule has 0 aromatic heterocycles. The molecule has 156 valence electrons. The first kappa shape index (κ1) is 22.1. The van der Waals surface area contributed by atoms with E-state index in [-0.39, 0.29) is 12.5 Å². The van der Waals surface area contributed by atoms with Crippen LogP contribution in [0.2, 0.25) is 0 Å². The summed E-state index contributed by atoms with van der Waals surface area (Å²) < 4.78 is 11.1. The van der Waals surface area contributed by atoms with Gasteiger partial charge in [-0.05, 0) is 51.5 Å². The highest BCUT2D eigenvalue weighted by Gasteiger charge is 2.30. The van der Waals surface area contributed by atoms with Crippen LogP contribution in [-0.2, 0) is 9.53 Å². The van der Waals surface area contributed by atoms with Crippen molar-refractivity contribution in [2.75, 3.05) is 31.1 Å². The van der Waals surface area contributed by atoms with E-state index in [0.717, 1.165) is 24.5 Å². The SMILES string of the molecule is CCCCCCCOc1ccc(N2CCN(C(=O)OC(C)(C)C)CC2=O)cc1. The van der Waals surface area contributed by atoms with Crippen LogP contribution in [0, 0.1) is 0 Å². The Morgan fingerprint density at radius 1 is 1.04 bits per heavy atom. The molecule has 6 heteroatoms. The van der Waals surface area contributed by atoms with Crippen molar-refractivity contribution in [3.63, 3.8) is 0 Å². The van der Waals surface area contributed by atoms with E-state index in [1.165, 1.54) is 30.6 Å². The van der Waals surface area contributed by atoms with Gasteiger partial charge in [-0.15, -0.1) is 0 Å². The molecule has 1 heterocycles. The maximum atomic E-state index is 12.5. The Morgan fingerprint density at radius 2 is 1.71 bits per heavy atom. The van der Waals surface area contributed by atoms with Crippen LogP contribution in [0.1, 0.15) is 59.8 Å². The van der Waals surface area contributed by atoms with Gasteiger partial charge in [0.25, 0.3) is 0 Å². The summed E-state index contributed by atoms with van der Waals surface area (Å²) in [6.45, 7) is 9.32. The first-order valence-corrected chi connectivity index (χ1v) is 10.3. The second-order valence-corrected chi connectivity index (χ2v) is 8.20. The quantitative estimate of drug-likeness (QED) is 0.608. The molecule has 0 unspecified atom stereocenters. The predicted molar refractivity (Wildman–Crippen MR) is 111 cm³/mol. The number of amides is 2. The molecule has 1 saturated heterocycles. The van der Waals surface area contributed by atoms with Crippen molar-refractivity contribution in [1.29, 1.82) is 0 Å². The monoisotopic (exact) mass is 390 g/mol. The van der Waals surface area contributed by atoms with E-state index >= 15 is 0 Å². The highest BCUT2D eigenvalue weighted by molar-refractivity contribution is 5.97. The van der Waals surface area contributed by atoms with E-state index in [1.807, 2.05) is 45.0 Å². The normalized spacial score (nSPS) is 14.9. The van der Waals surface area contributed by atoms with Crippen molar-refractivity contribution < 1.29 is 19.1 Å². The zero-order chi connectivity index (χ0) is 20.6. The third-order valence-corrected chi connectivity index (χ3v) is 4.54. The zero-order valence-corrected chi connectivity index (χ0v) is 17.7. The van der Waals surface area contributed by atoms with Crippen LogP contribution in [0.5, 0.6) is 5.75 Å². The molecular formula is C22H34N2O4. The summed E-state index contributed by atoms with van der Waals surface area (Å²) >= 11 is 0. The van der Waals surface area contributed by atoms with E-state index in [1.54, 1.807) is 4.90 Å². The van der Waals surface area contributed by atoms with Crippen molar-refractivity contribution in [1.82, 2.24) is 4.90 Å². The molecule has 0 atom stereocenters. The summed E-state index contributed by atoms with van der Waals surface area (Å²) in [5.74, 6) is 0.709. The molecule has 6 nitrogen and oxygen atoms in total. The Labute approximate surface area is 168 Å². The van der Waals surface area contributed by atoms with E-state index in [9.17, 15) is 9.59 Å². The topological polar surface area (TPSA) is 59.1 Å². The largest absolute Gasteiger partial charge is 0.494 e. The summed E-state index contributed by atoms with van der Waals surface area (Å²) in [5.41, 5.74) is 0.257. The lowest BCUT2D eigenvalue weighted by atomic mass is 10.2. The van der Waals surface area contributed by atoms with Gasteiger partial charge in [-0.3, -0.25) is 9.69 Å². The summed E-state index contributed by atoms with van der Waals surface area (Å²) in [6, 6.07) is 7.59. The average Bonchev–Trinajstić information content (AvgIpc) is 2.64. The second-order valence-electron chi connectivity index (χ2n) is 8.20. The number of benzene rings is 1. The van der Waals surface area contributed by atoms with Crippen LogP contribution in [-0.4, -0.2) is 48.7 Å². The molecule has 0 bridgehead atoms. The molecule has 0 aliphatic carbocycles. The molecular weight excluding hydrogens is 356 g/mol. The minimum atomic E-state index is -0.566. The number of nitrogens with zero attached hydrogens (tertiary/aromatic N) is 2. The van der Waals surface area contributed by atoms with Gasteiger partial charge in [0.05, 0.1) is 6.61 Å². The lowest BCUT2D eigenvalue weighted by Gasteiger charge is -2.35. The number of unbranched alkanes of at least 4 members (excludes halogenated alkanes) is 4. The molecule has 0 spiro atoms. The van der Waals surface area contributed by atoms with Crippen molar-refractivity contribution in [3.8, 4) is 5.75 Å². The van der Waals surface area contributed by atoms with Gasteiger partial charge >= 0.3 is 6.09 Å². The van der Waals surface area contributed by atoms with Crippen molar-refractivity contribution in [2.45, 2.75) is 65.4 Å². The van der Waals surface area contributed by atoms with Crippen LogP contribution in [0.3, 0.4) is 0 Å². The maximum absolute atomic E-state index is 12.5. The van der Waals surface area contributed by atoms with Crippen LogP contribution in [0.25, 0.3) is 0 Å². The molecule has 1 aromatic carbocycles. The molecule has 0 N–H and O–H groups in total. The highest BCUT2D eigenvalue weighted by atomic mass is 16.6. The molecule has 2 amide bonds. The first-order valence-electron chi connectivity index (χ1n) is 10.3. The number of rotatable bonds is 8. The van der Waals surface area contributed by atoms with E-state index in [0.29, 0.717) is 13.1 Å². The lowest BCUT2D eigenvalue weighted by Crippen LogP contribution is -2.53. The van der Waals surface area contributed by atoms with Gasteiger partial charge < -0.3 is 14.4 Å². The van der Waals surface area contributed by atoms with E-state index in [2.05, 4.69) is 6.92 Å². The van der Waals surface area contributed by atoms with Crippen LogP contribution >= 0.6 is 0 Å². The average molecular weight is 391 g/mol. The Morgan fingerprint density at radius 3 is 2.32 bits per heavy atom. The van der Waals surface area contributed by atoms with Crippen molar-refractivity contribution in [3.05, 3.63) is 24.3 Å². The second kappa shape index (κ2) is 10.3. The third-order valence-electron chi connectivity index (χ3n) is 4.54. The fraction of sp³-hybridized carbons (Fsp3) is 0.636. The minimum Gasteiger partial charge on any atom is -0.494 e. The predicted octanol–water partition coefficient (Wildman–Crippen LogP) is 4.62. The minimum absolute atomic E-state index is 0.0327. The fourth-order valence-corrected chi connectivity index (χ4v) is 3.05. The molecule has 1 aromatic rings. The molecule has 1 aliphatic rings. The Balaban J connectivity index is 1.81. The number of ether oxygens (including phenoxy) is 2. The molecule has 0 saturated carbocycles. The Kier molecular flexibility index (Phi) is 8.15. The highest BCUT2D eigenvalue weighted by Crippen LogP contribution is 2.22. The zero-order valence-electron chi connectivity index (χ0n) is 17.7. The molecule has 28 heavy (non-hydrogen) atoms. The number of hydrogen-bond donors (Lipinski definition) is 0. The summed E-state index contributed by atoms with van der Waals surface area (Å²) in [6.07, 6.45) is 5.60. The third kappa shape index (κ3) is 7.06. The Bertz CT molecular complexity index is 637. The number of carbonyl (C=O) groups excluding carboxylic acids is 2. The standard InChI is InChI=1S/C22H34N2O4/c1-5-6-7-8-9-16-27-19-12-10-18(11-13-19)24-15-14-23(17-20(24)25)21(26)28-22(2,3)4/h10-13H,5-9,14-17H2,1-4H3. The van der Waals surface area contributed by atoms with Crippen LogP contribution in [0.15, 0.2) is 24.3 Å². The van der Waals surface area contributed by atoms with Crippen molar-refractivity contribution >= 4 is 17.7 Å². The molecule has 2 rings (SSSR count). The molecule has 1 fully saturated rings. The number of piperazine rings is 1. The smallest absolute Gasteiger partial charge is 0.410 e.